The molecule has 0 spiro atoms. The summed E-state index contributed by atoms with van der Waals surface area (Å²) in [4.78, 5) is 18.3. The smallest absolute Gasteiger partial charge is 0.279 e. The molecule has 158 valence electrons. The average molecular weight is 436 g/mol. The second-order valence-electron chi connectivity index (χ2n) is 7.51. The molecule has 0 aliphatic carbocycles. The van der Waals surface area contributed by atoms with Crippen molar-refractivity contribution in [1.29, 1.82) is 0 Å². The van der Waals surface area contributed by atoms with Crippen molar-refractivity contribution >= 4 is 22.4 Å². The molecule has 0 saturated heterocycles. The number of carbonyl (C=O) groups is 1. The molecule has 0 saturated carbocycles. The summed E-state index contributed by atoms with van der Waals surface area (Å²) in [6, 6.07) is 12.5. The number of benzene rings is 2. The van der Waals surface area contributed by atoms with E-state index in [9.17, 15) is 9.18 Å². The van der Waals surface area contributed by atoms with Crippen molar-refractivity contribution in [3.05, 3.63) is 86.9 Å². The van der Waals surface area contributed by atoms with E-state index in [1.165, 1.54) is 23.5 Å². The Morgan fingerprint density at radius 2 is 1.84 bits per heavy atom. The quantitative estimate of drug-likeness (QED) is 0.482. The molecule has 2 aromatic carbocycles. The summed E-state index contributed by atoms with van der Waals surface area (Å²) in [5.41, 5.74) is 5.79. The molecular formula is C23H22FN5OS. The van der Waals surface area contributed by atoms with Crippen LogP contribution in [-0.2, 0) is 6.42 Å². The van der Waals surface area contributed by atoms with Gasteiger partial charge in [0.25, 0.3) is 5.91 Å². The Bertz CT molecular complexity index is 1260. The summed E-state index contributed by atoms with van der Waals surface area (Å²) < 4.78 is 14.8. The Hall–Kier alpha value is -3.39. The number of hydrogen-bond acceptors (Lipinski definition) is 5. The zero-order valence-corrected chi connectivity index (χ0v) is 18.5. The molecule has 4 aromatic rings. The van der Waals surface area contributed by atoms with Gasteiger partial charge in [-0.3, -0.25) is 10.1 Å². The highest BCUT2D eigenvalue weighted by Crippen LogP contribution is 2.26. The van der Waals surface area contributed by atoms with Gasteiger partial charge in [-0.2, -0.15) is 0 Å². The lowest BCUT2D eigenvalue weighted by Crippen LogP contribution is -2.14. The van der Waals surface area contributed by atoms with Crippen molar-refractivity contribution in [1.82, 2.24) is 20.0 Å². The van der Waals surface area contributed by atoms with E-state index in [0.717, 1.165) is 32.9 Å². The standard InChI is InChI=1S/C23H22FN5OS/c1-13-5-6-14(2)19(11-13)29-16(4)21(27-28-29)22(30)26-23-25-15(3)20(31-23)12-17-7-9-18(24)10-8-17/h5-11H,12H2,1-4H3,(H,25,26,30). The monoisotopic (exact) mass is 435 g/mol. The number of carbonyl (C=O) groups excluding carboxylic acids is 1. The van der Waals surface area contributed by atoms with E-state index < -0.39 is 0 Å². The zero-order valence-electron chi connectivity index (χ0n) is 17.7. The first-order valence-corrected chi connectivity index (χ1v) is 10.7. The maximum atomic E-state index is 13.1. The predicted octanol–water partition coefficient (Wildman–Crippen LogP) is 4.94. The van der Waals surface area contributed by atoms with Gasteiger partial charge in [0.1, 0.15) is 5.82 Å². The lowest BCUT2D eigenvalue weighted by molar-refractivity contribution is 0.102. The summed E-state index contributed by atoms with van der Waals surface area (Å²) in [7, 11) is 0. The maximum Gasteiger partial charge on any atom is 0.279 e. The van der Waals surface area contributed by atoms with Crippen LogP contribution in [-0.4, -0.2) is 25.9 Å². The van der Waals surface area contributed by atoms with Crippen molar-refractivity contribution in [2.45, 2.75) is 34.1 Å². The van der Waals surface area contributed by atoms with E-state index in [1.807, 2.05) is 45.9 Å². The van der Waals surface area contributed by atoms with Gasteiger partial charge in [-0.25, -0.2) is 14.1 Å². The minimum absolute atomic E-state index is 0.258. The summed E-state index contributed by atoms with van der Waals surface area (Å²) in [5.74, 6) is -0.613. The molecule has 1 N–H and O–H groups in total. The molecule has 6 nitrogen and oxygen atoms in total. The van der Waals surface area contributed by atoms with Crippen LogP contribution in [0, 0.1) is 33.5 Å². The Kier molecular flexibility index (Phi) is 5.65. The summed E-state index contributed by atoms with van der Waals surface area (Å²) in [5, 5.41) is 11.6. The molecule has 31 heavy (non-hydrogen) atoms. The molecule has 1 amide bonds. The number of rotatable bonds is 5. The number of halogens is 1. The topological polar surface area (TPSA) is 72.7 Å². The number of nitrogens with one attached hydrogen (secondary N) is 1. The van der Waals surface area contributed by atoms with Gasteiger partial charge >= 0.3 is 0 Å². The number of anilines is 1. The first-order chi connectivity index (χ1) is 14.8. The van der Waals surface area contributed by atoms with Crippen LogP contribution in [0.4, 0.5) is 9.52 Å². The van der Waals surface area contributed by atoms with Crippen LogP contribution >= 0.6 is 11.3 Å². The van der Waals surface area contributed by atoms with Gasteiger partial charge in [-0.05, 0) is 62.6 Å². The molecule has 0 unspecified atom stereocenters. The summed E-state index contributed by atoms with van der Waals surface area (Å²) in [6.45, 7) is 7.73. The van der Waals surface area contributed by atoms with Gasteiger partial charge in [0.05, 0.1) is 17.1 Å². The minimum Gasteiger partial charge on any atom is -0.296 e. The highest BCUT2D eigenvalue weighted by molar-refractivity contribution is 7.15. The van der Waals surface area contributed by atoms with Crippen molar-refractivity contribution in [2.75, 3.05) is 5.32 Å². The highest BCUT2D eigenvalue weighted by Gasteiger charge is 2.20. The van der Waals surface area contributed by atoms with Gasteiger partial charge in [0, 0.05) is 11.3 Å². The number of aryl methyl sites for hydroxylation is 3. The summed E-state index contributed by atoms with van der Waals surface area (Å²) >= 11 is 1.40. The van der Waals surface area contributed by atoms with E-state index in [2.05, 4.69) is 20.6 Å². The van der Waals surface area contributed by atoms with E-state index in [1.54, 1.807) is 16.8 Å². The molecule has 0 radical (unpaired) electrons. The molecule has 0 aliphatic heterocycles. The third-order valence-corrected chi connectivity index (χ3v) is 6.17. The fourth-order valence-electron chi connectivity index (χ4n) is 3.30. The van der Waals surface area contributed by atoms with Crippen molar-refractivity contribution < 1.29 is 9.18 Å². The highest BCUT2D eigenvalue weighted by atomic mass is 32.1. The van der Waals surface area contributed by atoms with Gasteiger partial charge in [0.2, 0.25) is 0 Å². The van der Waals surface area contributed by atoms with Gasteiger partial charge in [-0.1, -0.05) is 29.5 Å². The Morgan fingerprint density at radius 1 is 1.10 bits per heavy atom. The average Bonchev–Trinajstić information content (AvgIpc) is 3.27. The molecule has 8 heteroatoms. The van der Waals surface area contributed by atoms with Crippen molar-refractivity contribution in [3.8, 4) is 5.69 Å². The number of thiazole rings is 1. The van der Waals surface area contributed by atoms with E-state index in [0.29, 0.717) is 17.2 Å². The molecule has 0 aliphatic rings. The first kappa shape index (κ1) is 20.9. The lowest BCUT2D eigenvalue weighted by Gasteiger charge is -2.08. The van der Waals surface area contributed by atoms with Crippen LogP contribution in [0.25, 0.3) is 5.69 Å². The Labute approximate surface area is 183 Å². The van der Waals surface area contributed by atoms with Gasteiger partial charge < -0.3 is 0 Å². The SMILES string of the molecule is Cc1ccc(C)c(-n2nnc(C(=O)Nc3nc(C)c(Cc4ccc(F)cc4)s3)c2C)c1. The first-order valence-electron chi connectivity index (χ1n) is 9.84. The molecule has 4 rings (SSSR count). The van der Waals surface area contributed by atoms with Crippen LogP contribution < -0.4 is 5.32 Å². The number of aromatic nitrogens is 4. The fourth-order valence-corrected chi connectivity index (χ4v) is 4.30. The van der Waals surface area contributed by atoms with Crippen molar-refractivity contribution in [3.63, 3.8) is 0 Å². The van der Waals surface area contributed by atoms with Crippen molar-refractivity contribution in [2.24, 2.45) is 0 Å². The van der Waals surface area contributed by atoms with E-state index in [-0.39, 0.29) is 17.4 Å². The Balaban J connectivity index is 1.53. The van der Waals surface area contributed by atoms with Crippen LogP contribution in [0.1, 0.15) is 43.4 Å². The zero-order chi connectivity index (χ0) is 22.1. The molecular weight excluding hydrogens is 413 g/mol. The molecule has 0 bridgehead atoms. The molecule has 2 heterocycles. The van der Waals surface area contributed by atoms with E-state index >= 15 is 0 Å². The van der Waals surface area contributed by atoms with Gasteiger partial charge in [0.15, 0.2) is 10.8 Å². The third-order valence-electron chi connectivity index (χ3n) is 5.09. The van der Waals surface area contributed by atoms with Gasteiger partial charge in [-0.15, -0.1) is 16.4 Å². The fraction of sp³-hybridized carbons (Fsp3) is 0.217. The number of amides is 1. The molecule has 0 atom stereocenters. The minimum atomic E-state index is -0.351. The second-order valence-corrected chi connectivity index (χ2v) is 8.59. The molecule has 0 fully saturated rings. The maximum absolute atomic E-state index is 13.1. The van der Waals surface area contributed by atoms with Crippen LogP contribution in [0.15, 0.2) is 42.5 Å². The van der Waals surface area contributed by atoms with Crippen LogP contribution in [0.3, 0.4) is 0 Å². The third kappa shape index (κ3) is 4.39. The number of hydrogen-bond donors (Lipinski definition) is 1. The molecule has 2 aromatic heterocycles. The predicted molar refractivity (Wildman–Crippen MR) is 120 cm³/mol. The normalized spacial score (nSPS) is 11.0. The summed E-state index contributed by atoms with van der Waals surface area (Å²) in [6.07, 6.45) is 0.626. The van der Waals surface area contributed by atoms with Crippen LogP contribution in [0.2, 0.25) is 0 Å². The lowest BCUT2D eigenvalue weighted by atomic mass is 10.1. The van der Waals surface area contributed by atoms with Crippen LogP contribution in [0.5, 0.6) is 0 Å². The van der Waals surface area contributed by atoms with E-state index in [4.69, 9.17) is 0 Å². The Morgan fingerprint density at radius 3 is 2.58 bits per heavy atom. The largest absolute Gasteiger partial charge is 0.296 e. The number of nitrogens with zero attached hydrogens (tertiary/aromatic N) is 4. The second kappa shape index (κ2) is 8.39.